The summed E-state index contributed by atoms with van der Waals surface area (Å²) in [5.74, 6) is 0.548. The monoisotopic (exact) mass is 488 g/mol. The van der Waals surface area contributed by atoms with Crippen molar-refractivity contribution < 1.29 is 27.8 Å². The molecule has 0 saturated carbocycles. The van der Waals surface area contributed by atoms with Crippen LogP contribution in [0.5, 0.6) is 0 Å². The first-order valence-electron chi connectivity index (χ1n) is 10.7. The minimum atomic E-state index is -3.52. The molecular formula is C23H28N4O6S. The standard InChI is InChI=1S/C23H28N4O6S/c1-5-34(30,31)21-8-6-7-18(14-24-21)32-19-11-17(12-23(3,13-19)33-16(2)15-28)22(29)25-20-9-10-27(4)26-20/h6-7,9-12,14,16,28H,5,13,15H2,1-4H3,(H,25,26,29). The largest absolute Gasteiger partial charge is 0.460 e. The molecule has 2 N–H and O–H groups in total. The van der Waals surface area contributed by atoms with Crippen molar-refractivity contribution in [3.05, 3.63) is 64.4 Å². The van der Waals surface area contributed by atoms with Crippen molar-refractivity contribution in [2.45, 2.75) is 38.9 Å². The Hall–Kier alpha value is -3.24. The van der Waals surface area contributed by atoms with Gasteiger partial charge in [0.25, 0.3) is 5.91 Å². The maximum atomic E-state index is 12.9. The lowest BCUT2D eigenvalue weighted by Gasteiger charge is -2.33. The molecule has 1 amide bonds. The number of nitrogens with zero attached hydrogens (tertiary/aromatic N) is 3. The minimum Gasteiger partial charge on any atom is -0.460 e. The van der Waals surface area contributed by atoms with E-state index < -0.39 is 27.4 Å². The van der Waals surface area contributed by atoms with Gasteiger partial charge in [-0.15, -0.1) is 0 Å². The molecule has 2 unspecified atom stereocenters. The Morgan fingerprint density at radius 2 is 2.21 bits per heavy atom. The van der Waals surface area contributed by atoms with Crippen LogP contribution >= 0.6 is 0 Å². The molecule has 34 heavy (non-hydrogen) atoms. The second kappa shape index (κ2) is 10.4. The number of aliphatic hydroxyl groups is 1. The summed E-state index contributed by atoms with van der Waals surface area (Å²) in [5, 5.41) is 16.2. The van der Waals surface area contributed by atoms with E-state index in [0.29, 0.717) is 11.6 Å². The van der Waals surface area contributed by atoms with Gasteiger partial charge in [0.15, 0.2) is 10.8 Å². The quantitative estimate of drug-likeness (QED) is 0.509. The van der Waals surface area contributed by atoms with Gasteiger partial charge in [-0.25, -0.2) is 13.4 Å². The summed E-state index contributed by atoms with van der Waals surface area (Å²) in [6, 6.07) is 1.67. The second-order valence-corrected chi connectivity index (χ2v) is 10.3. The molecule has 2 aliphatic rings. The maximum absolute atomic E-state index is 12.9. The van der Waals surface area contributed by atoms with Gasteiger partial charge >= 0.3 is 0 Å². The minimum absolute atomic E-state index is 0.0971. The lowest BCUT2D eigenvalue weighted by molar-refractivity contribution is -0.113. The lowest BCUT2D eigenvalue weighted by atomic mass is 9.91. The highest BCUT2D eigenvalue weighted by molar-refractivity contribution is 7.95. The van der Waals surface area contributed by atoms with Crippen LogP contribution < -0.4 is 5.32 Å². The number of carbonyl (C=O) groups excluding carboxylic acids is 1. The van der Waals surface area contributed by atoms with Crippen LogP contribution in [0.25, 0.3) is 0 Å². The highest BCUT2D eigenvalue weighted by Crippen LogP contribution is 2.33. The first kappa shape index (κ1) is 25.4. The third-order valence-corrected chi connectivity index (χ3v) is 6.51. The summed E-state index contributed by atoms with van der Waals surface area (Å²) in [7, 11) is -1.78. The Labute approximate surface area is 198 Å². The van der Waals surface area contributed by atoms with E-state index in [-0.39, 0.29) is 35.1 Å². The van der Waals surface area contributed by atoms with Crippen LogP contribution in [0.1, 0.15) is 27.2 Å². The van der Waals surface area contributed by atoms with Crippen molar-refractivity contribution in [1.29, 1.82) is 0 Å². The summed E-state index contributed by atoms with van der Waals surface area (Å²) in [4.78, 5) is 16.9. The van der Waals surface area contributed by atoms with E-state index in [4.69, 9.17) is 9.47 Å². The van der Waals surface area contributed by atoms with Crippen LogP contribution in [0, 0.1) is 0 Å². The second-order valence-electron chi connectivity index (χ2n) is 8.09. The predicted octanol–water partition coefficient (Wildman–Crippen LogP) is 2.14. The van der Waals surface area contributed by atoms with Crippen molar-refractivity contribution in [3.63, 3.8) is 0 Å². The zero-order valence-electron chi connectivity index (χ0n) is 19.5. The first-order chi connectivity index (χ1) is 16.0. The smallest absolute Gasteiger partial charge is 0.256 e. The molecule has 0 spiro atoms. The molecule has 1 aromatic heterocycles. The number of amides is 1. The van der Waals surface area contributed by atoms with Crippen LogP contribution in [0.3, 0.4) is 0 Å². The first-order valence-corrected chi connectivity index (χ1v) is 12.3. The average Bonchev–Trinajstić information content (AvgIpc) is 3.03. The van der Waals surface area contributed by atoms with Crippen molar-refractivity contribution in [2.75, 3.05) is 17.7 Å². The molecular weight excluding hydrogens is 460 g/mol. The van der Waals surface area contributed by atoms with E-state index in [1.165, 1.54) is 25.3 Å². The van der Waals surface area contributed by atoms with Gasteiger partial charge in [0.05, 0.1) is 30.3 Å². The van der Waals surface area contributed by atoms with E-state index in [0.717, 1.165) is 0 Å². The molecule has 1 aliphatic heterocycles. The Morgan fingerprint density at radius 3 is 2.85 bits per heavy atom. The Bertz CT molecular complexity index is 1250. The van der Waals surface area contributed by atoms with Gasteiger partial charge in [-0.1, -0.05) is 12.7 Å². The number of hydrogen-bond donors (Lipinski definition) is 2. The molecule has 3 rings (SSSR count). The van der Waals surface area contributed by atoms with Crippen molar-refractivity contribution in [3.8, 4) is 0 Å². The number of sulfone groups is 1. The number of nitrogens with one attached hydrogen (secondary N) is 1. The molecule has 2 heterocycles. The van der Waals surface area contributed by atoms with Gasteiger partial charge in [-0.3, -0.25) is 9.48 Å². The van der Waals surface area contributed by atoms with Gasteiger partial charge in [0.2, 0.25) is 9.84 Å². The summed E-state index contributed by atoms with van der Waals surface area (Å²) < 4.78 is 37.7. The number of carbonyl (C=O) groups is 1. The molecule has 0 bridgehead atoms. The number of aliphatic hydroxyl groups excluding tert-OH is 1. The molecule has 0 radical (unpaired) electrons. The number of ether oxygens (including phenoxy) is 2. The van der Waals surface area contributed by atoms with Gasteiger partial charge in [0.1, 0.15) is 11.5 Å². The molecule has 0 saturated heterocycles. The van der Waals surface area contributed by atoms with Gasteiger partial charge < -0.3 is 19.9 Å². The van der Waals surface area contributed by atoms with Crippen LogP contribution in [-0.2, 0) is 31.2 Å². The Balaban J connectivity index is 1.85. The lowest BCUT2D eigenvalue weighted by Crippen LogP contribution is -2.36. The fraction of sp³-hybridized carbons (Fsp3) is 0.391. The topological polar surface area (TPSA) is 132 Å². The normalized spacial score (nSPS) is 21.1. The Kier molecular flexibility index (Phi) is 7.73. The predicted molar refractivity (Wildman–Crippen MR) is 127 cm³/mol. The number of aromatic nitrogens is 2. The van der Waals surface area contributed by atoms with E-state index in [2.05, 4.69) is 21.1 Å². The summed E-state index contributed by atoms with van der Waals surface area (Å²) in [6.45, 7) is 4.84. The summed E-state index contributed by atoms with van der Waals surface area (Å²) in [5.41, 5.74) is 1.98. The highest BCUT2D eigenvalue weighted by atomic mass is 32.2. The molecule has 0 aromatic carbocycles. The zero-order chi connectivity index (χ0) is 24.9. The fourth-order valence-corrected chi connectivity index (χ4v) is 4.08. The third kappa shape index (κ3) is 6.42. The number of allylic oxidation sites excluding steroid dienone is 3. The highest BCUT2D eigenvalue weighted by Gasteiger charge is 2.33. The van der Waals surface area contributed by atoms with Crippen LogP contribution in [0.15, 0.2) is 69.4 Å². The molecule has 1 aromatic rings. The number of aryl methyl sites for hydroxylation is 1. The fourth-order valence-electron chi connectivity index (χ4n) is 3.35. The van der Waals surface area contributed by atoms with E-state index >= 15 is 0 Å². The SMILES string of the molecule is CCS(=O)(=O)C1=C=CC=C(OC2=CC(C(=O)Nc3ccn(C)n3)=CC(C)(OC(C)CO)C2)C=N1. The van der Waals surface area contributed by atoms with Crippen LogP contribution in [0.4, 0.5) is 5.82 Å². The molecule has 0 fully saturated rings. The van der Waals surface area contributed by atoms with E-state index in [1.807, 2.05) is 0 Å². The maximum Gasteiger partial charge on any atom is 0.256 e. The van der Waals surface area contributed by atoms with Crippen molar-refractivity contribution in [2.24, 2.45) is 12.0 Å². The number of hydrogen-bond acceptors (Lipinski definition) is 8. The van der Waals surface area contributed by atoms with E-state index in [9.17, 15) is 18.3 Å². The molecule has 2 atom stereocenters. The number of anilines is 1. The molecule has 10 nitrogen and oxygen atoms in total. The molecule has 182 valence electrons. The summed E-state index contributed by atoms with van der Waals surface area (Å²) in [6.07, 6.45) is 8.98. The number of aliphatic imine (C=N–C) groups is 1. The summed E-state index contributed by atoms with van der Waals surface area (Å²) >= 11 is 0. The van der Waals surface area contributed by atoms with Crippen LogP contribution in [-0.4, -0.2) is 59.5 Å². The third-order valence-electron chi connectivity index (χ3n) is 4.93. The van der Waals surface area contributed by atoms with Crippen molar-refractivity contribution >= 4 is 27.8 Å². The van der Waals surface area contributed by atoms with Gasteiger partial charge in [0, 0.05) is 31.3 Å². The van der Waals surface area contributed by atoms with Gasteiger partial charge in [-0.05, 0) is 38.2 Å². The average molecular weight is 489 g/mol. The zero-order valence-corrected chi connectivity index (χ0v) is 20.3. The van der Waals surface area contributed by atoms with Gasteiger partial charge in [-0.2, -0.15) is 5.10 Å². The molecule has 1 aliphatic carbocycles. The van der Waals surface area contributed by atoms with Crippen molar-refractivity contribution in [1.82, 2.24) is 9.78 Å². The Morgan fingerprint density at radius 1 is 1.44 bits per heavy atom. The van der Waals surface area contributed by atoms with Crippen LogP contribution in [0.2, 0.25) is 0 Å². The molecule has 11 heteroatoms. The van der Waals surface area contributed by atoms with E-state index in [1.54, 1.807) is 50.0 Å². The number of rotatable bonds is 9.